The summed E-state index contributed by atoms with van der Waals surface area (Å²) in [6.07, 6.45) is 1.49. The summed E-state index contributed by atoms with van der Waals surface area (Å²) < 4.78 is 40.3. The molecule has 9 heteroatoms. The number of alkyl carbamates (subject to hydrolysis) is 1. The number of rotatable bonds is 3. The lowest BCUT2D eigenvalue weighted by Crippen LogP contribution is -2.33. The number of fused-ring (bicyclic) bond motifs is 1. The summed E-state index contributed by atoms with van der Waals surface area (Å²) in [5.41, 5.74) is 0.550. The van der Waals surface area contributed by atoms with Crippen LogP contribution in [0.1, 0.15) is 38.1 Å². The van der Waals surface area contributed by atoms with Gasteiger partial charge >= 0.3 is 6.09 Å². The number of carbonyl (C=O) groups excluding carboxylic acids is 1. The number of halogens is 2. The van der Waals surface area contributed by atoms with E-state index in [0.29, 0.717) is 22.4 Å². The van der Waals surface area contributed by atoms with Crippen LogP contribution < -0.4 is 10.1 Å². The van der Waals surface area contributed by atoms with Crippen molar-refractivity contribution >= 4 is 18.3 Å². The van der Waals surface area contributed by atoms with E-state index >= 15 is 0 Å². The summed E-state index contributed by atoms with van der Waals surface area (Å²) in [6, 6.07) is 1.81. The number of carbonyl (C=O) groups is 1. The molecule has 0 fully saturated rings. The molecule has 1 aliphatic heterocycles. The first-order chi connectivity index (χ1) is 12.6. The highest BCUT2D eigenvalue weighted by molar-refractivity contribution is 7.71. The highest BCUT2D eigenvalue weighted by Gasteiger charge is 2.27. The molecule has 2 aromatic rings. The molecule has 0 aliphatic carbocycles. The third-order valence-corrected chi connectivity index (χ3v) is 4.34. The minimum Gasteiger partial charge on any atom is -0.488 e. The Morgan fingerprint density at radius 1 is 1.44 bits per heavy atom. The van der Waals surface area contributed by atoms with Gasteiger partial charge in [0.05, 0.1) is 18.3 Å². The minimum absolute atomic E-state index is 0.0723. The van der Waals surface area contributed by atoms with Crippen LogP contribution in [0.25, 0.3) is 0 Å². The second kappa shape index (κ2) is 7.30. The van der Waals surface area contributed by atoms with E-state index in [4.69, 9.17) is 21.7 Å². The molecule has 1 amide bonds. The van der Waals surface area contributed by atoms with Crippen LogP contribution in [0.5, 0.6) is 5.75 Å². The Morgan fingerprint density at radius 3 is 2.89 bits per heavy atom. The van der Waals surface area contributed by atoms with Crippen molar-refractivity contribution in [2.75, 3.05) is 6.61 Å². The molecule has 2 heterocycles. The van der Waals surface area contributed by atoms with Gasteiger partial charge in [-0.05, 0) is 39.1 Å². The topological polar surface area (TPSA) is 68.3 Å². The number of H-pyrrole nitrogens is 1. The lowest BCUT2D eigenvalue weighted by molar-refractivity contribution is 0.0522. The Bertz CT molecular complexity index is 918. The lowest BCUT2D eigenvalue weighted by atomic mass is 10.0. The van der Waals surface area contributed by atoms with Crippen molar-refractivity contribution in [3.8, 4) is 5.75 Å². The number of hydrogen-bond donors (Lipinski definition) is 2. The molecular weight excluding hydrogens is 376 g/mol. The van der Waals surface area contributed by atoms with Gasteiger partial charge in [-0.2, -0.15) is 0 Å². The maximum absolute atomic E-state index is 13.8. The van der Waals surface area contributed by atoms with E-state index < -0.39 is 23.3 Å². The Labute approximate surface area is 160 Å². The van der Waals surface area contributed by atoms with Crippen molar-refractivity contribution in [3.05, 3.63) is 46.0 Å². The zero-order valence-electron chi connectivity index (χ0n) is 15.3. The smallest absolute Gasteiger partial charge is 0.407 e. The maximum atomic E-state index is 13.8. The van der Waals surface area contributed by atoms with Gasteiger partial charge in [0, 0.05) is 24.2 Å². The molecule has 0 bridgehead atoms. The van der Waals surface area contributed by atoms with Crippen LogP contribution in [0.15, 0.2) is 18.3 Å². The fraction of sp³-hybridized carbons (Fsp3) is 0.444. The summed E-state index contributed by atoms with van der Waals surface area (Å²) in [6.45, 7) is 5.70. The lowest BCUT2D eigenvalue weighted by Gasteiger charge is -2.28. The summed E-state index contributed by atoms with van der Waals surface area (Å²) in [5.74, 6) is -1.30. The van der Waals surface area contributed by atoms with E-state index in [-0.39, 0.29) is 24.9 Å². The molecule has 27 heavy (non-hydrogen) atoms. The SMILES string of the molecule is CC(C)(C)OC(=O)NCc1c[nH]c(=S)n1[C@H]1COc2c(F)cc(F)cc2C1. The van der Waals surface area contributed by atoms with Crippen LogP contribution in [0, 0.1) is 16.4 Å². The molecule has 0 saturated carbocycles. The number of ether oxygens (including phenoxy) is 2. The monoisotopic (exact) mass is 397 g/mol. The maximum Gasteiger partial charge on any atom is 0.407 e. The number of hydrogen-bond acceptors (Lipinski definition) is 4. The van der Waals surface area contributed by atoms with Gasteiger partial charge in [-0.15, -0.1) is 0 Å². The van der Waals surface area contributed by atoms with Crippen LogP contribution in [0.4, 0.5) is 13.6 Å². The Balaban J connectivity index is 1.77. The van der Waals surface area contributed by atoms with Crippen LogP contribution in [0.2, 0.25) is 0 Å². The zero-order chi connectivity index (χ0) is 19.8. The molecule has 1 aromatic carbocycles. The van der Waals surface area contributed by atoms with Gasteiger partial charge in [-0.3, -0.25) is 0 Å². The van der Waals surface area contributed by atoms with Crippen molar-refractivity contribution < 1.29 is 23.0 Å². The van der Waals surface area contributed by atoms with Crippen molar-refractivity contribution in [2.24, 2.45) is 0 Å². The van der Waals surface area contributed by atoms with Gasteiger partial charge in [-0.25, -0.2) is 13.6 Å². The van der Waals surface area contributed by atoms with E-state index in [0.717, 1.165) is 6.07 Å². The first-order valence-electron chi connectivity index (χ1n) is 8.50. The van der Waals surface area contributed by atoms with Crippen molar-refractivity contribution in [1.82, 2.24) is 14.9 Å². The van der Waals surface area contributed by atoms with Crippen LogP contribution in [-0.2, 0) is 17.7 Å². The molecule has 1 atom stereocenters. The number of aromatic amines is 1. The first kappa shape index (κ1) is 19.3. The number of aromatic nitrogens is 2. The Morgan fingerprint density at radius 2 is 2.19 bits per heavy atom. The van der Waals surface area contributed by atoms with E-state index in [1.807, 2.05) is 0 Å². The van der Waals surface area contributed by atoms with Crippen molar-refractivity contribution in [1.29, 1.82) is 0 Å². The van der Waals surface area contributed by atoms with Gasteiger partial charge in [0.1, 0.15) is 18.0 Å². The summed E-state index contributed by atoms with van der Waals surface area (Å²) >= 11 is 5.33. The van der Waals surface area contributed by atoms with Crippen LogP contribution in [-0.4, -0.2) is 27.9 Å². The molecule has 2 N–H and O–H groups in total. The van der Waals surface area contributed by atoms with E-state index in [9.17, 15) is 13.6 Å². The molecule has 146 valence electrons. The third-order valence-electron chi connectivity index (χ3n) is 4.03. The normalized spacial score (nSPS) is 16.4. The summed E-state index contributed by atoms with van der Waals surface area (Å²) in [7, 11) is 0. The molecule has 0 spiro atoms. The standard InChI is InChI=1S/C18H21F2N3O3S/c1-18(2,3)26-17(24)22-8-13-7-21-16(27)23(13)12-5-10-4-11(19)6-14(20)15(10)25-9-12/h4,6-7,12H,5,8-9H2,1-3H3,(H,21,27)(H,22,24)/t12-/m1/s1. The highest BCUT2D eigenvalue weighted by atomic mass is 32.1. The van der Waals surface area contributed by atoms with E-state index in [1.165, 1.54) is 6.07 Å². The van der Waals surface area contributed by atoms with Crippen molar-refractivity contribution in [3.63, 3.8) is 0 Å². The molecular formula is C18H21F2N3O3S. The summed E-state index contributed by atoms with van der Waals surface area (Å²) in [5, 5.41) is 2.68. The quantitative estimate of drug-likeness (QED) is 0.768. The van der Waals surface area contributed by atoms with E-state index in [2.05, 4.69) is 10.3 Å². The molecule has 1 aromatic heterocycles. The zero-order valence-corrected chi connectivity index (χ0v) is 16.1. The summed E-state index contributed by atoms with van der Waals surface area (Å²) in [4.78, 5) is 14.8. The first-order valence-corrected chi connectivity index (χ1v) is 8.91. The predicted molar refractivity (Wildman–Crippen MR) is 97.3 cm³/mol. The Kier molecular flexibility index (Phi) is 5.23. The fourth-order valence-corrected chi connectivity index (χ4v) is 3.34. The van der Waals surface area contributed by atoms with E-state index in [1.54, 1.807) is 31.5 Å². The third kappa shape index (κ3) is 4.47. The van der Waals surface area contributed by atoms with Gasteiger partial charge in [-0.1, -0.05) is 0 Å². The van der Waals surface area contributed by atoms with Gasteiger partial charge in [0.25, 0.3) is 0 Å². The molecule has 0 radical (unpaired) electrons. The molecule has 3 rings (SSSR count). The largest absolute Gasteiger partial charge is 0.488 e. The average molecular weight is 397 g/mol. The minimum atomic E-state index is -0.715. The molecule has 0 unspecified atom stereocenters. The highest BCUT2D eigenvalue weighted by Crippen LogP contribution is 2.33. The second-order valence-electron chi connectivity index (χ2n) is 7.36. The van der Waals surface area contributed by atoms with Gasteiger partial charge < -0.3 is 24.3 Å². The predicted octanol–water partition coefficient (Wildman–Crippen LogP) is 4.02. The van der Waals surface area contributed by atoms with Gasteiger partial charge in [0.2, 0.25) is 0 Å². The van der Waals surface area contributed by atoms with Crippen molar-refractivity contribution in [2.45, 2.75) is 45.4 Å². The second-order valence-corrected chi connectivity index (χ2v) is 7.74. The Hall–Kier alpha value is -2.42. The fourth-order valence-electron chi connectivity index (χ4n) is 3.01. The molecule has 0 saturated heterocycles. The number of nitrogens with one attached hydrogen (secondary N) is 2. The van der Waals surface area contributed by atoms with Crippen LogP contribution in [0.3, 0.4) is 0 Å². The van der Waals surface area contributed by atoms with Gasteiger partial charge in [0.15, 0.2) is 16.3 Å². The molecule has 6 nitrogen and oxygen atoms in total. The number of amides is 1. The number of nitrogens with zero attached hydrogens (tertiary/aromatic N) is 1. The molecule has 1 aliphatic rings. The average Bonchev–Trinajstić information content (AvgIpc) is 2.91. The number of benzene rings is 1. The number of imidazole rings is 1. The van der Waals surface area contributed by atoms with Crippen LogP contribution >= 0.6 is 12.2 Å².